The van der Waals surface area contributed by atoms with E-state index in [4.69, 9.17) is 18.9 Å². The number of piperidine rings is 1. The van der Waals surface area contributed by atoms with Crippen molar-refractivity contribution in [3.63, 3.8) is 0 Å². The van der Waals surface area contributed by atoms with E-state index in [-0.39, 0.29) is 54.8 Å². The van der Waals surface area contributed by atoms with Crippen molar-refractivity contribution in [2.24, 2.45) is 11.8 Å². The molecule has 5 aliphatic rings. The molecule has 9 nitrogen and oxygen atoms in total. The lowest BCUT2D eigenvalue weighted by Gasteiger charge is -2.38. The van der Waals surface area contributed by atoms with Crippen LogP contribution in [0.1, 0.15) is 136 Å². The van der Waals surface area contributed by atoms with E-state index in [0.29, 0.717) is 37.1 Å². The molecule has 4 fully saturated rings. The molecule has 5 heterocycles. The summed E-state index contributed by atoms with van der Waals surface area (Å²) < 4.78 is 24.1. The van der Waals surface area contributed by atoms with Crippen LogP contribution in [0.15, 0.2) is 36.0 Å². The van der Waals surface area contributed by atoms with Crippen molar-refractivity contribution in [1.29, 1.82) is 0 Å². The largest absolute Gasteiger partial charge is 0.466 e. The number of likely N-dealkylation sites (tertiary alicyclic amines) is 2. The van der Waals surface area contributed by atoms with Crippen LogP contribution in [-0.2, 0) is 33.3 Å². The third-order valence-electron chi connectivity index (χ3n) is 12.0. The Hall–Kier alpha value is -2.49. The standard InChI is InChI=1S/C43H68N2O7/c1-32-18-19-33(2)40(16-9-5-4-6-10-17-41(46)45-24-20-35(21-25-45)44-22-11-7-8-12-23-44)52-43(48)31-39-28-34(29-42(47)49-3)27-38(51-39)30-37-15-13-14-36(26-32)50-37/h9,16,18-19,29,32-33,35-40H,4-8,10-15,17,20-28,30-31H2,1-3H3/b16-9+,19-18+,34-29-. The van der Waals surface area contributed by atoms with Crippen LogP contribution < -0.4 is 0 Å². The van der Waals surface area contributed by atoms with E-state index in [9.17, 15) is 14.4 Å². The van der Waals surface area contributed by atoms with Gasteiger partial charge >= 0.3 is 11.9 Å². The van der Waals surface area contributed by atoms with Gasteiger partial charge in [-0.05, 0) is 109 Å². The van der Waals surface area contributed by atoms with Gasteiger partial charge in [0.2, 0.25) is 5.91 Å². The van der Waals surface area contributed by atoms with Gasteiger partial charge in [-0.15, -0.1) is 0 Å². The number of carbonyl (C=O) groups excluding carboxylic acids is 3. The predicted octanol–water partition coefficient (Wildman–Crippen LogP) is 7.87. The van der Waals surface area contributed by atoms with Crippen molar-refractivity contribution in [3.05, 3.63) is 36.0 Å². The second-order valence-corrected chi connectivity index (χ2v) is 16.4. The number of methoxy groups -OCH3 is 1. The van der Waals surface area contributed by atoms with Gasteiger partial charge in [0, 0.05) is 44.0 Å². The van der Waals surface area contributed by atoms with Gasteiger partial charge in [0.05, 0.1) is 37.9 Å². The average molecular weight is 725 g/mol. The average Bonchev–Trinajstić information content (AvgIpc) is 3.42. The first-order valence-corrected chi connectivity index (χ1v) is 20.9. The Labute approximate surface area is 313 Å². The van der Waals surface area contributed by atoms with Crippen molar-refractivity contribution >= 4 is 17.8 Å². The maximum atomic E-state index is 13.4. The van der Waals surface area contributed by atoms with Crippen LogP contribution in [0.5, 0.6) is 0 Å². The minimum absolute atomic E-state index is 0.00602. The third-order valence-corrected chi connectivity index (χ3v) is 12.0. The molecule has 0 radical (unpaired) electrons. The molecule has 0 aromatic rings. The van der Waals surface area contributed by atoms with Crippen LogP contribution >= 0.6 is 0 Å². The fourth-order valence-corrected chi connectivity index (χ4v) is 8.98. The zero-order valence-corrected chi connectivity index (χ0v) is 32.5. The first-order valence-electron chi connectivity index (χ1n) is 20.9. The molecule has 9 heteroatoms. The van der Waals surface area contributed by atoms with Crippen LogP contribution in [0, 0.1) is 11.8 Å². The zero-order valence-electron chi connectivity index (χ0n) is 32.5. The van der Waals surface area contributed by atoms with Gasteiger partial charge in [-0.3, -0.25) is 9.59 Å². The third kappa shape index (κ3) is 13.4. The number of ether oxygens (including phenoxy) is 4. The molecule has 1 amide bonds. The van der Waals surface area contributed by atoms with Crippen LogP contribution in [0.3, 0.4) is 0 Å². The molecule has 0 saturated carbocycles. The molecule has 0 aliphatic carbocycles. The Morgan fingerprint density at radius 1 is 0.808 bits per heavy atom. The molecule has 0 N–H and O–H groups in total. The number of rotatable bonds is 9. The second-order valence-electron chi connectivity index (χ2n) is 16.4. The lowest BCUT2D eigenvalue weighted by atomic mass is 9.89. The summed E-state index contributed by atoms with van der Waals surface area (Å²) in [7, 11) is 1.39. The summed E-state index contributed by atoms with van der Waals surface area (Å²) in [6.07, 6.45) is 27.9. The number of unbranched alkanes of at least 4 members (excludes halogenated alkanes) is 3. The summed E-state index contributed by atoms with van der Waals surface area (Å²) >= 11 is 0. The number of nitrogens with zero attached hydrogens (tertiary/aromatic N) is 2. The monoisotopic (exact) mass is 725 g/mol. The van der Waals surface area contributed by atoms with E-state index in [1.807, 2.05) is 6.08 Å². The Bertz CT molecular complexity index is 1220. The molecule has 4 saturated heterocycles. The van der Waals surface area contributed by atoms with Gasteiger partial charge in [-0.1, -0.05) is 56.9 Å². The van der Waals surface area contributed by atoms with E-state index < -0.39 is 0 Å². The van der Waals surface area contributed by atoms with Gasteiger partial charge in [0.15, 0.2) is 0 Å². The van der Waals surface area contributed by atoms with Crippen molar-refractivity contribution < 1.29 is 33.3 Å². The molecule has 52 heavy (non-hydrogen) atoms. The number of allylic oxidation sites excluding steroid dienone is 2. The van der Waals surface area contributed by atoms with Crippen LogP contribution in [-0.4, -0.2) is 97.5 Å². The summed E-state index contributed by atoms with van der Waals surface area (Å²) in [6.45, 7) is 8.61. The minimum atomic E-state index is -0.387. The fourth-order valence-electron chi connectivity index (χ4n) is 8.98. The van der Waals surface area contributed by atoms with E-state index in [0.717, 1.165) is 89.3 Å². The van der Waals surface area contributed by atoms with Crippen molar-refractivity contribution in [2.75, 3.05) is 33.3 Å². The highest BCUT2D eigenvalue weighted by molar-refractivity contribution is 5.82. The molecule has 0 aromatic carbocycles. The number of hydrogen-bond donors (Lipinski definition) is 0. The normalized spacial score (nSPS) is 33.4. The maximum Gasteiger partial charge on any atom is 0.330 e. The topological polar surface area (TPSA) is 94.6 Å². The van der Waals surface area contributed by atoms with E-state index in [1.165, 1.54) is 45.9 Å². The first-order chi connectivity index (χ1) is 25.2. The lowest BCUT2D eigenvalue weighted by Crippen LogP contribution is -2.47. The second kappa shape index (κ2) is 21.4. The highest BCUT2D eigenvalue weighted by Crippen LogP contribution is 2.34. The molecular formula is C43H68N2O7. The molecule has 4 bridgehead atoms. The van der Waals surface area contributed by atoms with Crippen LogP contribution in [0.2, 0.25) is 0 Å². The Balaban J connectivity index is 1.11. The summed E-state index contributed by atoms with van der Waals surface area (Å²) in [5.74, 6) is -0.00279. The maximum absolute atomic E-state index is 13.4. The van der Waals surface area contributed by atoms with Gasteiger partial charge < -0.3 is 28.7 Å². The highest BCUT2D eigenvalue weighted by Gasteiger charge is 2.33. The molecule has 5 rings (SSSR count). The molecular weight excluding hydrogens is 656 g/mol. The van der Waals surface area contributed by atoms with Crippen molar-refractivity contribution in [2.45, 2.75) is 172 Å². The zero-order chi connectivity index (χ0) is 36.7. The molecule has 7 unspecified atom stereocenters. The fraction of sp³-hybridized carbons (Fsp3) is 0.791. The number of cyclic esters (lactones) is 1. The molecule has 0 aromatic heterocycles. The number of carbonyl (C=O) groups is 3. The van der Waals surface area contributed by atoms with E-state index in [2.05, 4.69) is 41.9 Å². The molecule has 0 spiro atoms. The lowest BCUT2D eigenvalue weighted by molar-refractivity contribution is -0.154. The summed E-state index contributed by atoms with van der Waals surface area (Å²) in [6, 6.07) is 0.656. The number of amides is 1. The number of esters is 2. The highest BCUT2D eigenvalue weighted by atomic mass is 16.6. The van der Waals surface area contributed by atoms with E-state index in [1.54, 1.807) is 6.08 Å². The SMILES string of the molecule is COC(=O)/C=C1\CC2CC(=O)OC(/C=C/CCCCCC(=O)N3CCC(N4CCCCCC4)CC3)C(C)/C=C/C(C)CC3CCCC(CC(C1)O2)O3. The first kappa shape index (κ1) is 40.7. The van der Waals surface area contributed by atoms with Crippen molar-refractivity contribution in [1.82, 2.24) is 9.80 Å². The van der Waals surface area contributed by atoms with Gasteiger partial charge in [-0.25, -0.2) is 4.79 Å². The summed E-state index contributed by atoms with van der Waals surface area (Å²) in [5, 5.41) is 0. The molecule has 292 valence electrons. The quantitative estimate of drug-likeness (QED) is 0.103. The van der Waals surface area contributed by atoms with E-state index >= 15 is 0 Å². The smallest absolute Gasteiger partial charge is 0.330 e. The molecule has 5 aliphatic heterocycles. The van der Waals surface area contributed by atoms with Gasteiger partial charge in [0.1, 0.15) is 6.10 Å². The van der Waals surface area contributed by atoms with Crippen LogP contribution in [0.4, 0.5) is 0 Å². The summed E-state index contributed by atoms with van der Waals surface area (Å²) in [5.41, 5.74) is 0.949. The van der Waals surface area contributed by atoms with Gasteiger partial charge in [-0.2, -0.15) is 0 Å². The number of hydrogen-bond acceptors (Lipinski definition) is 8. The Morgan fingerprint density at radius 3 is 2.27 bits per heavy atom. The van der Waals surface area contributed by atoms with Gasteiger partial charge in [0.25, 0.3) is 0 Å². The number of fused-ring (bicyclic) bond motifs is 4. The molecule has 7 atom stereocenters. The summed E-state index contributed by atoms with van der Waals surface area (Å²) in [4.78, 5) is 43.3. The predicted molar refractivity (Wildman–Crippen MR) is 204 cm³/mol. The Morgan fingerprint density at radius 2 is 1.52 bits per heavy atom. The Kier molecular flexibility index (Phi) is 16.8. The van der Waals surface area contributed by atoms with Crippen LogP contribution in [0.25, 0.3) is 0 Å². The minimum Gasteiger partial charge on any atom is -0.466 e. The van der Waals surface area contributed by atoms with Crippen molar-refractivity contribution in [3.8, 4) is 0 Å².